The lowest BCUT2D eigenvalue weighted by atomic mass is 10.0. The number of aryl methyl sites for hydroxylation is 4. The monoisotopic (exact) mass is 215 g/mol. The third-order valence-corrected chi connectivity index (χ3v) is 2.88. The zero-order valence-corrected chi connectivity index (χ0v) is 9.77. The second kappa shape index (κ2) is 4.39. The maximum atomic E-state index is 5.74. The number of hydrogen-bond acceptors (Lipinski definition) is 2. The molecule has 0 saturated carbocycles. The van der Waals surface area contributed by atoms with Crippen molar-refractivity contribution in [3.63, 3.8) is 0 Å². The second-order valence-electron chi connectivity index (χ2n) is 4.11. The molecule has 0 atom stereocenters. The van der Waals surface area contributed by atoms with Gasteiger partial charge in [0.1, 0.15) is 5.82 Å². The van der Waals surface area contributed by atoms with E-state index in [9.17, 15) is 0 Å². The summed E-state index contributed by atoms with van der Waals surface area (Å²) in [5.74, 6) is 0.722. The van der Waals surface area contributed by atoms with Crippen LogP contribution < -0.4 is 5.73 Å². The summed E-state index contributed by atoms with van der Waals surface area (Å²) in [6.07, 6.45) is 1.96. The summed E-state index contributed by atoms with van der Waals surface area (Å²) in [7, 11) is 1.87. The fourth-order valence-electron chi connectivity index (χ4n) is 1.82. The van der Waals surface area contributed by atoms with Crippen LogP contribution in [0.3, 0.4) is 0 Å². The first-order valence-corrected chi connectivity index (χ1v) is 5.49. The van der Waals surface area contributed by atoms with Gasteiger partial charge in [-0.2, -0.15) is 5.10 Å². The lowest BCUT2D eigenvalue weighted by Crippen LogP contribution is -1.98. The van der Waals surface area contributed by atoms with E-state index in [1.165, 1.54) is 11.1 Å². The third-order valence-electron chi connectivity index (χ3n) is 2.88. The van der Waals surface area contributed by atoms with Crippen molar-refractivity contribution in [1.29, 1.82) is 0 Å². The zero-order valence-electron chi connectivity index (χ0n) is 9.77. The summed E-state index contributed by atoms with van der Waals surface area (Å²) in [6, 6.07) is 10.4. The SMILES string of the molecule is Cc1ccccc1CCc1cc(N)n(C)n1. The van der Waals surface area contributed by atoms with Gasteiger partial charge in [0.2, 0.25) is 0 Å². The van der Waals surface area contributed by atoms with Crippen LogP contribution in [0.1, 0.15) is 16.8 Å². The van der Waals surface area contributed by atoms with Gasteiger partial charge in [0.05, 0.1) is 5.69 Å². The minimum absolute atomic E-state index is 0.722. The first kappa shape index (κ1) is 10.7. The van der Waals surface area contributed by atoms with Crippen molar-refractivity contribution in [2.24, 2.45) is 7.05 Å². The highest BCUT2D eigenvalue weighted by molar-refractivity contribution is 5.31. The molecule has 0 unspecified atom stereocenters. The third kappa shape index (κ3) is 2.24. The minimum Gasteiger partial charge on any atom is -0.384 e. The maximum absolute atomic E-state index is 5.74. The predicted octanol–water partition coefficient (Wildman–Crippen LogP) is 2.10. The van der Waals surface area contributed by atoms with Crippen molar-refractivity contribution in [3.05, 3.63) is 47.2 Å². The molecule has 16 heavy (non-hydrogen) atoms. The number of rotatable bonds is 3. The predicted molar refractivity (Wildman–Crippen MR) is 66.2 cm³/mol. The minimum atomic E-state index is 0.722. The molecule has 3 heteroatoms. The first-order chi connectivity index (χ1) is 7.66. The molecule has 2 N–H and O–H groups in total. The van der Waals surface area contributed by atoms with Crippen molar-refractivity contribution in [3.8, 4) is 0 Å². The van der Waals surface area contributed by atoms with Gasteiger partial charge < -0.3 is 5.73 Å². The summed E-state index contributed by atoms with van der Waals surface area (Å²) in [5, 5.41) is 4.35. The molecule has 2 aromatic rings. The summed E-state index contributed by atoms with van der Waals surface area (Å²) in [6.45, 7) is 2.14. The van der Waals surface area contributed by atoms with Gasteiger partial charge in [0, 0.05) is 13.1 Å². The molecule has 2 rings (SSSR count). The van der Waals surface area contributed by atoms with Crippen LogP contribution in [0.4, 0.5) is 5.82 Å². The number of aromatic nitrogens is 2. The topological polar surface area (TPSA) is 43.8 Å². The largest absolute Gasteiger partial charge is 0.384 e. The van der Waals surface area contributed by atoms with Crippen LogP contribution in [0.5, 0.6) is 0 Å². The molecule has 0 aliphatic heterocycles. The molecule has 0 spiro atoms. The van der Waals surface area contributed by atoms with Gasteiger partial charge in [-0.25, -0.2) is 0 Å². The number of nitrogens with two attached hydrogens (primary N) is 1. The van der Waals surface area contributed by atoms with E-state index in [0.29, 0.717) is 0 Å². The molecule has 0 aliphatic carbocycles. The van der Waals surface area contributed by atoms with Crippen LogP contribution in [-0.4, -0.2) is 9.78 Å². The van der Waals surface area contributed by atoms with Crippen molar-refractivity contribution < 1.29 is 0 Å². The Morgan fingerprint density at radius 3 is 2.62 bits per heavy atom. The molecule has 0 bridgehead atoms. The molecule has 0 saturated heterocycles. The molecule has 1 aromatic carbocycles. The Hall–Kier alpha value is -1.77. The van der Waals surface area contributed by atoms with Crippen LogP contribution in [0.15, 0.2) is 30.3 Å². The molecule has 3 nitrogen and oxygen atoms in total. The number of hydrogen-bond donors (Lipinski definition) is 1. The fraction of sp³-hybridized carbons (Fsp3) is 0.308. The fourth-order valence-corrected chi connectivity index (χ4v) is 1.82. The van der Waals surface area contributed by atoms with Crippen molar-refractivity contribution >= 4 is 5.82 Å². The zero-order chi connectivity index (χ0) is 11.5. The van der Waals surface area contributed by atoms with E-state index in [4.69, 9.17) is 5.73 Å². The van der Waals surface area contributed by atoms with Crippen LogP contribution in [0, 0.1) is 6.92 Å². The molecule has 84 valence electrons. The highest BCUT2D eigenvalue weighted by Gasteiger charge is 2.03. The van der Waals surface area contributed by atoms with E-state index in [1.807, 2.05) is 13.1 Å². The summed E-state index contributed by atoms with van der Waals surface area (Å²) < 4.78 is 1.72. The Balaban J connectivity index is 2.05. The quantitative estimate of drug-likeness (QED) is 0.852. The first-order valence-electron chi connectivity index (χ1n) is 5.49. The average Bonchev–Trinajstić information content (AvgIpc) is 2.57. The van der Waals surface area contributed by atoms with E-state index in [0.717, 1.165) is 24.4 Å². The van der Waals surface area contributed by atoms with E-state index in [2.05, 4.69) is 36.3 Å². The molecule has 0 radical (unpaired) electrons. The van der Waals surface area contributed by atoms with Gasteiger partial charge >= 0.3 is 0 Å². The Morgan fingerprint density at radius 2 is 2.00 bits per heavy atom. The van der Waals surface area contributed by atoms with E-state index >= 15 is 0 Å². The van der Waals surface area contributed by atoms with Gasteiger partial charge in [-0.3, -0.25) is 4.68 Å². The Bertz CT molecular complexity index is 466. The lowest BCUT2D eigenvalue weighted by Gasteiger charge is -2.03. The summed E-state index contributed by atoms with van der Waals surface area (Å²) in [5.41, 5.74) is 9.52. The molecule has 1 aromatic heterocycles. The molecule has 0 aliphatic rings. The highest BCUT2D eigenvalue weighted by atomic mass is 15.3. The number of nitrogens with zero attached hydrogens (tertiary/aromatic N) is 2. The van der Waals surface area contributed by atoms with Crippen molar-refractivity contribution in [2.45, 2.75) is 19.8 Å². The average molecular weight is 215 g/mol. The Morgan fingerprint density at radius 1 is 1.25 bits per heavy atom. The van der Waals surface area contributed by atoms with Crippen LogP contribution in [0.25, 0.3) is 0 Å². The molecule has 0 fully saturated rings. The summed E-state index contributed by atoms with van der Waals surface area (Å²) >= 11 is 0. The maximum Gasteiger partial charge on any atom is 0.121 e. The van der Waals surface area contributed by atoms with Gasteiger partial charge in [-0.1, -0.05) is 24.3 Å². The smallest absolute Gasteiger partial charge is 0.121 e. The van der Waals surface area contributed by atoms with Gasteiger partial charge in [0.25, 0.3) is 0 Å². The number of benzene rings is 1. The second-order valence-corrected chi connectivity index (χ2v) is 4.11. The van der Waals surface area contributed by atoms with Crippen LogP contribution in [-0.2, 0) is 19.9 Å². The van der Waals surface area contributed by atoms with Gasteiger partial charge in [-0.05, 0) is 30.9 Å². The molecule has 1 heterocycles. The Labute approximate surface area is 95.9 Å². The number of nitrogen functional groups attached to an aromatic ring is 1. The van der Waals surface area contributed by atoms with Crippen molar-refractivity contribution in [2.75, 3.05) is 5.73 Å². The van der Waals surface area contributed by atoms with Crippen molar-refractivity contribution in [1.82, 2.24) is 9.78 Å². The normalized spacial score (nSPS) is 10.6. The molecular weight excluding hydrogens is 198 g/mol. The van der Waals surface area contributed by atoms with E-state index < -0.39 is 0 Å². The highest BCUT2D eigenvalue weighted by Crippen LogP contribution is 2.12. The lowest BCUT2D eigenvalue weighted by molar-refractivity contribution is 0.745. The molecular formula is C13H17N3. The van der Waals surface area contributed by atoms with Gasteiger partial charge in [0.15, 0.2) is 0 Å². The van der Waals surface area contributed by atoms with Crippen LogP contribution >= 0.6 is 0 Å². The summed E-state index contributed by atoms with van der Waals surface area (Å²) in [4.78, 5) is 0. The van der Waals surface area contributed by atoms with E-state index in [1.54, 1.807) is 4.68 Å². The number of anilines is 1. The Kier molecular flexibility index (Phi) is 2.95. The molecule has 0 amide bonds. The standard InChI is InChI=1S/C13H17N3/c1-10-5-3-4-6-11(10)7-8-12-9-13(14)16(2)15-12/h3-6,9H,7-8,14H2,1-2H3. The van der Waals surface area contributed by atoms with Gasteiger partial charge in [-0.15, -0.1) is 0 Å². The van der Waals surface area contributed by atoms with Crippen LogP contribution in [0.2, 0.25) is 0 Å². The van der Waals surface area contributed by atoms with E-state index in [-0.39, 0.29) is 0 Å².